The molecule has 0 aromatic carbocycles. The van der Waals surface area contributed by atoms with Gasteiger partial charge in [-0.25, -0.2) is 4.79 Å². The average Bonchev–Trinajstić information content (AvgIpc) is 2.50. The normalized spacial score (nSPS) is 34.1. The second-order valence-corrected chi connectivity index (χ2v) is 7.33. The van der Waals surface area contributed by atoms with Gasteiger partial charge in [0.25, 0.3) is 0 Å². The van der Waals surface area contributed by atoms with Crippen molar-refractivity contribution in [2.45, 2.75) is 55.5 Å². The predicted octanol–water partition coefficient (Wildman–Crippen LogP) is 1.33. The summed E-state index contributed by atoms with van der Waals surface area (Å²) in [5.41, 5.74) is -1.60. The van der Waals surface area contributed by atoms with Crippen LogP contribution >= 0.6 is 0 Å². The molecule has 5 nitrogen and oxygen atoms in total. The summed E-state index contributed by atoms with van der Waals surface area (Å²) in [5, 5.41) is 10.1. The SMILES string of the molecule is O=C1C2CC3CC1CC(OC(=O)C(F)(F)C(F)(F)C(F)(F)C(=O)[O-])(C3)C2. The van der Waals surface area contributed by atoms with E-state index in [4.69, 9.17) is 0 Å². The Balaban J connectivity index is 1.83. The molecule has 0 aromatic heterocycles. The molecule has 0 heterocycles. The number of carbonyl (C=O) groups is 3. The van der Waals surface area contributed by atoms with Crippen LogP contribution in [0.4, 0.5) is 26.3 Å². The van der Waals surface area contributed by atoms with E-state index >= 15 is 0 Å². The second kappa shape index (κ2) is 5.35. The van der Waals surface area contributed by atoms with Crippen molar-refractivity contribution in [2.24, 2.45) is 17.8 Å². The zero-order valence-corrected chi connectivity index (χ0v) is 13.1. The summed E-state index contributed by atoms with van der Waals surface area (Å²) in [6.07, 6.45) is 0.748. The van der Waals surface area contributed by atoms with E-state index in [1.54, 1.807) is 0 Å². The Hall–Kier alpha value is -1.81. The maximum Gasteiger partial charge on any atom is 0.411 e. The van der Waals surface area contributed by atoms with E-state index in [9.17, 15) is 45.8 Å². The number of Topliss-reactive ketones (excluding diaryl/α,β-unsaturated/α-hetero) is 1. The van der Waals surface area contributed by atoms with Crippen molar-refractivity contribution >= 4 is 17.7 Å². The fourth-order valence-electron chi connectivity index (χ4n) is 4.51. The molecule has 0 aromatic rings. The minimum Gasteiger partial charge on any atom is -0.544 e. The second-order valence-electron chi connectivity index (χ2n) is 7.33. The summed E-state index contributed by atoms with van der Waals surface area (Å²) < 4.78 is 84.9. The molecule has 0 amide bonds. The predicted molar refractivity (Wildman–Crippen MR) is 67.2 cm³/mol. The summed E-state index contributed by atoms with van der Waals surface area (Å²) >= 11 is 0. The number of aliphatic carboxylic acids is 1. The first kappa shape index (κ1) is 19.0. The van der Waals surface area contributed by atoms with E-state index in [0.29, 0.717) is 12.8 Å². The van der Waals surface area contributed by atoms with Crippen molar-refractivity contribution in [3.05, 3.63) is 0 Å². The highest BCUT2D eigenvalue weighted by atomic mass is 19.3. The number of halogens is 6. The summed E-state index contributed by atoms with van der Waals surface area (Å²) in [4.78, 5) is 33.8. The van der Waals surface area contributed by atoms with Crippen molar-refractivity contribution < 1.29 is 50.6 Å². The van der Waals surface area contributed by atoms with Crippen LogP contribution in [0.5, 0.6) is 0 Å². The number of hydrogen-bond acceptors (Lipinski definition) is 5. The van der Waals surface area contributed by atoms with Crippen LogP contribution in [0.3, 0.4) is 0 Å². The molecule has 4 bridgehead atoms. The number of rotatable bonds is 5. The van der Waals surface area contributed by atoms with Gasteiger partial charge in [-0.1, -0.05) is 0 Å². The van der Waals surface area contributed by atoms with Gasteiger partial charge in [0.15, 0.2) is 0 Å². The topological polar surface area (TPSA) is 83.5 Å². The van der Waals surface area contributed by atoms with Crippen molar-refractivity contribution in [1.29, 1.82) is 0 Å². The van der Waals surface area contributed by atoms with E-state index in [0.717, 1.165) is 0 Å². The number of carbonyl (C=O) groups excluding carboxylic acids is 3. The molecular weight excluding hydrogens is 374 g/mol. The molecule has 4 aliphatic rings. The number of carboxylic acid groups (broad SMARTS) is 1. The molecule has 11 heteroatoms. The van der Waals surface area contributed by atoms with E-state index in [2.05, 4.69) is 4.74 Å². The summed E-state index contributed by atoms with van der Waals surface area (Å²) in [5.74, 6) is -26.9. The lowest BCUT2D eigenvalue weighted by Gasteiger charge is -2.54. The van der Waals surface area contributed by atoms with E-state index < -0.39 is 47.1 Å². The highest BCUT2D eigenvalue weighted by molar-refractivity contribution is 5.87. The van der Waals surface area contributed by atoms with Gasteiger partial charge in [-0.3, -0.25) is 4.79 Å². The number of carboxylic acids is 1. The highest BCUT2D eigenvalue weighted by Crippen LogP contribution is 2.56. The van der Waals surface area contributed by atoms with Crippen LogP contribution in [0, 0.1) is 17.8 Å². The molecule has 2 unspecified atom stereocenters. The molecule has 4 fully saturated rings. The molecule has 146 valence electrons. The smallest absolute Gasteiger partial charge is 0.411 e. The third kappa shape index (κ3) is 2.42. The Kier molecular flexibility index (Phi) is 3.90. The van der Waals surface area contributed by atoms with Gasteiger partial charge in [-0.05, 0) is 38.0 Å². The third-order valence-corrected chi connectivity index (χ3v) is 5.55. The largest absolute Gasteiger partial charge is 0.544 e. The Bertz CT molecular complexity index is 657. The minimum atomic E-state index is -6.55. The van der Waals surface area contributed by atoms with Crippen molar-refractivity contribution in [1.82, 2.24) is 0 Å². The monoisotopic (exact) mass is 387 g/mol. The van der Waals surface area contributed by atoms with Crippen LogP contribution in [0.15, 0.2) is 0 Å². The maximum absolute atomic E-state index is 13.7. The van der Waals surface area contributed by atoms with Gasteiger partial charge < -0.3 is 14.6 Å². The zero-order chi connectivity index (χ0) is 19.7. The lowest BCUT2D eigenvalue weighted by atomic mass is 9.53. The maximum atomic E-state index is 13.7. The molecule has 2 atom stereocenters. The van der Waals surface area contributed by atoms with Gasteiger partial charge in [-0.15, -0.1) is 0 Å². The van der Waals surface area contributed by atoms with Crippen LogP contribution in [-0.4, -0.2) is 41.1 Å². The van der Waals surface area contributed by atoms with Crippen LogP contribution in [0.25, 0.3) is 0 Å². The highest BCUT2D eigenvalue weighted by Gasteiger charge is 2.77. The van der Waals surface area contributed by atoms with Gasteiger partial charge in [-0.2, -0.15) is 26.3 Å². The quantitative estimate of drug-likeness (QED) is 0.525. The third-order valence-electron chi connectivity index (χ3n) is 5.55. The van der Waals surface area contributed by atoms with Crippen LogP contribution < -0.4 is 5.11 Å². The summed E-state index contributed by atoms with van der Waals surface area (Å²) in [7, 11) is 0. The molecule has 0 saturated heterocycles. The standard InChI is InChI=1S/C15H14F6O5/c16-13(17,10(23)24)15(20,21)14(18,19)11(25)26-12-3-6-1-7(4-12)9(22)8(2-6)5-12/h6-8H,1-5H2,(H,23,24)/p-1. The molecule has 4 saturated carbocycles. The zero-order valence-electron chi connectivity index (χ0n) is 13.1. The van der Waals surface area contributed by atoms with E-state index in [1.165, 1.54) is 0 Å². The number of alkyl halides is 6. The molecular formula is C15H13F6O5-. The number of ketones is 1. The first-order chi connectivity index (χ1) is 11.7. The number of ether oxygens (including phenoxy) is 1. The van der Waals surface area contributed by atoms with Gasteiger partial charge in [0.2, 0.25) is 0 Å². The van der Waals surface area contributed by atoms with Crippen LogP contribution in [0.2, 0.25) is 0 Å². The number of esters is 1. The minimum absolute atomic E-state index is 0.0670. The lowest BCUT2D eigenvalue weighted by Crippen LogP contribution is -2.65. The molecule has 4 rings (SSSR count). The molecule has 4 aliphatic carbocycles. The van der Waals surface area contributed by atoms with Crippen molar-refractivity contribution in [3.8, 4) is 0 Å². The molecule has 0 radical (unpaired) electrons. The molecule has 0 N–H and O–H groups in total. The summed E-state index contributed by atoms with van der Waals surface area (Å²) in [6.45, 7) is 0. The fourth-order valence-corrected chi connectivity index (χ4v) is 4.51. The van der Waals surface area contributed by atoms with E-state index in [1.807, 2.05) is 0 Å². The Labute approximate surface area is 142 Å². The van der Waals surface area contributed by atoms with Gasteiger partial charge in [0.1, 0.15) is 17.4 Å². The first-order valence-corrected chi connectivity index (χ1v) is 7.85. The Morgan fingerprint density at radius 2 is 1.46 bits per heavy atom. The van der Waals surface area contributed by atoms with E-state index in [-0.39, 0.29) is 31.0 Å². The molecule has 0 aliphatic heterocycles. The number of hydrogen-bond donors (Lipinski definition) is 0. The van der Waals surface area contributed by atoms with Crippen molar-refractivity contribution in [3.63, 3.8) is 0 Å². The first-order valence-electron chi connectivity index (χ1n) is 7.85. The summed E-state index contributed by atoms with van der Waals surface area (Å²) in [6, 6.07) is 0. The van der Waals surface area contributed by atoms with Crippen LogP contribution in [0.1, 0.15) is 32.1 Å². The van der Waals surface area contributed by atoms with Gasteiger partial charge in [0.05, 0.1) is 0 Å². The van der Waals surface area contributed by atoms with Gasteiger partial charge in [0, 0.05) is 11.8 Å². The van der Waals surface area contributed by atoms with Gasteiger partial charge >= 0.3 is 23.7 Å². The molecule has 0 spiro atoms. The fraction of sp³-hybridized carbons (Fsp3) is 0.800. The Morgan fingerprint density at radius 3 is 1.92 bits per heavy atom. The van der Waals surface area contributed by atoms with Crippen molar-refractivity contribution in [2.75, 3.05) is 0 Å². The Morgan fingerprint density at radius 1 is 0.962 bits per heavy atom. The average molecular weight is 387 g/mol. The molecule has 26 heavy (non-hydrogen) atoms. The lowest BCUT2D eigenvalue weighted by molar-refractivity contribution is -0.367. The van der Waals surface area contributed by atoms with Crippen LogP contribution in [-0.2, 0) is 19.1 Å².